The molecule has 18 heavy (non-hydrogen) atoms. The Bertz CT molecular complexity index is 403. The van der Waals surface area contributed by atoms with Crippen LogP contribution in [-0.2, 0) is 6.54 Å². The summed E-state index contributed by atoms with van der Waals surface area (Å²) in [5, 5.41) is 0. The summed E-state index contributed by atoms with van der Waals surface area (Å²) in [6.45, 7) is 3.99. The lowest BCUT2D eigenvalue weighted by atomic mass is 10.1. The van der Waals surface area contributed by atoms with Crippen LogP contribution >= 0.6 is 0 Å². The van der Waals surface area contributed by atoms with Crippen molar-refractivity contribution in [3.8, 4) is 11.8 Å². The highest BCUT2D eigenvalue weighted by atomic mass is 15.1. The van der Waals surface area contributed by atoms with Gasteiger partial charge in [-0.15, -0.1) is 0 Å². The second-order valence-corrected chi connectivity index (χ2v) is 4.89. The molecule has 0 saturated carbocycles. The van der Waals surface area contributed by atoms with Gasteiger partial charge in [-0.1, -0.05) is 36.8 Å². The summed E-state index contributed by atoms with van der Waals surface area (Å²) < 4.78 is 0. The van der Waals surface area contributed by atoms with Gasteiger partial charge in [0.2, 0.25) is 0 Å². The van der Waals surface area contributed by atoms with E-state index in [0.29, 0.717) is 6.54 Å². The van der Waals surface area contributed by atoms with Crippen molar-refractivity contribution >= 4 is 0 Å². The van der Waals surface area contributed by atoms with E-state index < -0.39 is 0 Å². The van der Waals surface area contributed by atoms with Crippen molar-refractivity contribution in [3.05, 3.63) is 35.4 Å². The lowest BCUT2D eigenvalue weighted by molar-refractivity contribution is 0.277. The third-order valence-corrected chi connectivity index (χ3v) is 3.39. The Morgan fingerprint density at radius 3 is 2.28 bits per heavy atom. The lowest BCUT2D eigenvalue weighted by Crippen LogP contribution is -2.23. The molecule has 0 bridgehead atoms. The molecule has 1 aliphatic heterocycles. The molecule has 1 aromatic rings. The van der Waals surface area contributed by atoms with Crippen molar-refractivity contribution < 1.29 is 0 Å². The molecular weight excluding hydrogens is 220 g/mol. The van der Waals surface area contributed by atoms with E-state index in [1.807, 2.05) is 0 Å². The van der Waals surface area contributed by atoms with Crippen LogP contribution in [0.25, 0.3) is 0 Å². The molecule has 0 atom stereocenters. The normalized spacial score (nSPS) is 16.7. The number of hydrogen-bond donors (Lipinski definition) is 1. The van der Waals surface area contributed by atoms with Crippen molar-refractivity contribution in [2.24, 2.45) is 5.73 Å². The summed E-state index contributed by atoms with van der Waals surface area (Å²) in [5.41, 5.74) is 7.80. The average molecular weight is 242 g/mol. The number of nitrogens with zero attached hydrogens (tertiary/aromatic N) is 1. The van der Waals surface area contributed by atoms with Gasteiger partial charge >= 0.3 is 0 Å². The minimum atomic E-state index is 0.426. The highest BCUT2D eigenvalue weighted by Gasteiger charge is 2.08. The van der Waals surface area contributed by atoms with Crippen LogP contribution in [0.5, 0.6) is 0 Å². The molecule has 2 nitrogen and oxygen atoms in total. The van der Waals surface area contributed by atoms with Crippen molar-refractivity contribution in [1.82, 2.24) is 4.90 Å². The summed E-state index contributed by atoms with van der Waals surface area (Å²) in [6, 6.07) is 8.56. The molecule has 0 aromatic heterocycles. The van der Waals surface area contributed by atoms with Crippen LogP contribution < -0.4 is 5.73 Å². The first-order valence-corrected chi connectivity index (χ1v) is 6.89. The molecule has 1 aliphatic rings. The van der Waals surface area contributed by atoms with Crippen molar-refractivity contribution in [2.75, 3.05) is 19.6 Å². The summed E-state index contributed by atoms with van der Waals surface area (Å²) in [5.74, 6) is 5.94. The van der Waals surface area contributed by atoms with Crippen LogP contribution in [0.15, 0.2) is 24.3 Å². The number of nitrogens with two attached hydrogens (primary N) is 1. The molecule has 0 unspecified atom stereocenters. The molecule has 0 radical (unpaired) electrons. The maximum atomic E-state index is 5.36. The topological polar surface area (TPSA) is 29.3 Å². The van der Waals surface area contributed by atoms with Crippen LogP contribution in [0.2, 0.25) is 0 Å². The zero-order chi connectivity index (χ0) is 12.6. The number of rotatable bonds is 2. The van der Waals surface area contributed by atoms with Gasteiger partial charge in [0.05, 0.1) is 6.54 Å². The van der Waals surface area contributed by atoms with Gasteiger partial charge in [0.1, 0.15) is 0 Å². The first-order chi connectivity index (χ1) is 8.88. The monoisotopic (exact) mass is 242 g/mol. The zero-order valence-electron chi connectivity index (χ0n) is 11.0. The van der Waals surface area contributed by atoms with Gasteiger partial charge in [-0.25, -0.2) is 0 Å². The Kier molecular flexibility index (Phi) is 5.26. The first-order valence-electron chi connectivity index (χ1n) is 6.89. The SMILES string of the molecule is NCC#Cc1ccc(CN2CCCCCC2)cc1. The summed E-state index contributed by atoms with van der Waals surface area (Å²) in [6.07, 6.45) is 5.48. The maximum absolute atomic E-state index is 5.36. The molecule has 2 N–H and O–H groups in total. The minimum absolute atomic E-state index is 0.426. The molecule has 1 heterocycles. The number of likely N-dealkylation sites (tertiary alicyclic amines) is 1. The summed E-state index contributed by atoms with van der Waals surface area (Å²) in [7, 11) is 0. The van der Waals surface area contributed by atoms with Crippen LogP contribution in [-0.4, -0.2) is 24.5 Å². The Balaban J connectivity index is 1.92. The molecule has 1 aromatic carbocycles. The van der Waals surface area contributed by atoms with Gasteiger partial charge in [0, 0.05) is 12.1 Å². The second-order valence-electron chi connectivity index (χ2n) is 4.89. The van der Waals surface area contributed by atoms with Crippen LogP contribution in [0, 0.1) is 11.8 Å². The minimum Gasteiger partial charge on any atom is -0.320 e. The van der Waals surface area contributed by atoms with Crippen molar-refractivity contribution in [2.45, 2.75) is 32.2 Å². The molecule has 1 saturated heterocycles. The smallest absolute Gasteiger partial charge is 0.0555 e. The Labute approximate surface area is 110 Å². The van der Waals surface area contributed by atoms with Gasteiger partial charge < -0.3 is 5.73 Å². The number of hydrogen-bond acceptors (Lipinski definition) is 2. The Hall–Kier alpha value is -1.30. The van der Waals surface area contributed by atoms with E-state index >= 15 is 0 Å². The van der Waals surface area contributed by atoms with E-state index in [0.717, 1.165) is 12.1 Å². The molecular formula is C16H22N2. The van der Waals surface area contributed by atoms with Crippen LogP contribution in [0.3, 0.4) is 0 Å². The van der Waals surface area contributed by atoms with Crippen LogP contribution in [0.4, 0.5) is 0 Å². The summed E-state index contributed by atoms with van der Waals surface area (Å²) in [4.78, 5) is 2.56. The van der Waals surface area contributed by atoms with Gasteiger partial charge in [-0.05, 0) is 43.6 Å². The maximum Gasteiger partial charge on any atom is 0.0555 e. The second kappa shape index (κ2) is 7.20. The highest BCUT2D eigenvalue weighted by Crippen LogP contribution is 2.13. The van der Waals surface area contributed by atoms with Gasteiger partial charge in [0.15, 0.2) is 0 Å². The zero-order valence-corrected chi connectivity index (χ0v) is 11.0. The van der Waals surface area contributed by atoms with E-state index in [2.05, 4.69) is 41.0 Å². The number of benzene rings is 1. The molecule has 2 rings (SSSR count). The molecule has 0 aliphatic carbocycles. The molecule has 1 fully saturated rings. The lowest BCUT2D eigenvalue weighted by Gasteiger charge is -2.19. The molecule has 0 amide bonds. The van der Waals surface area contributed by atoms with E-state index in [4.69, 9.17) is 5.73 Å². The van der Waals surface area contributed by atoms with Crippen LogP contribution in [0.1, 0.15) is 36.8 Å². The Morgan fingerprint density at radius 2 is 1.67 bits per heavy atom. The Morgan fingerprint density at radius 1 is 1.00 bits per heavy atom. The first kappa shape index (κ1) is 13.1. The quantitative estimate of drug-likeness (QED) is 0.807. The third-order valence-electron chi connectivity index (χ3n) is 3.39. The van der Waals surface area contributed by atoms with Gasteiger partial charge in [-0.2, -0.15) is 0 Å². The van der Waals surface area contributed by atoms with E-state index in [9.17, 15) is 0 Å². The molecule has 2 heteroatoms. The van der Waals surface area contributed by atoms with Gasteiger partial charge in [-0.3, -0.25) is 4.90 Å². The average Bonchev–Trinajstić information content (AvgIpc) is 2.67. The van der Waals surface area contributed by atoms with E-state index in [1.54, 1.807) is 0 Å². The van der Waals surface area contributed by atoms with Gasteiger partial charge in [0.25, 0.3) is 0 Å². The van der Waals surface area contributed by atoms with Crippen molar-refractivity contribution in [1.29, 1.82) is 0 Å². The largest absolute Gasteiger partial charge is 0.320 e. The van der Waals surface area contributed by atoms with Crippen molar-refractivity contribution in [3.63, 3.8) is 0 Å². The predicted molar refractivity (Wildman–Crippen MR) is 76.1 cm³/mol. The third kappa shape index (κ3) is 4.18. The fourth-order valence-electron chi connectivity index (χ4n) is 2.40. The molecule has 96 valence electrons. The van der Waals surface area contributed by atoms with E-state index in [-0.39, 0.29) is 0 Å². The molecule has 0 spiro atoms. The van der Waals surface area contributed by atoms with E-state index in [1.165, 1.54) is 44.3 Å². The highest BCUT2D eigenvalue weighted by molar-refractivity contribution is 5.36. The predicted octanol–water partition coefficient (Wildman–Crippen LogP) is 2.37. The fraction of sp³-hybridized carbons (Fsp3) is 0.500. The summed E-state index contributed by atoms with van der Waals surface area (Å²) >= 11 is 0. The standard InChI is InChI=1S/C16H22N2/c17-11-5-6-15-7-9-16(10-8-15)14-18-12-3-1-2-4-13-18/h7-10H,1-4,11-14,17H2. The fourth-order valence-corrected chi connectivity index (χ4v) is 2.40.